The van der Waals surface area contributed by atoms with Crippen molar-refractivity contribution in [3.63, 3.8) is 0 Å². The van der Waals surface area contributed by atoms with Crippen molar-refractivity contribution < 1.29 is 22.5 Å². The summed E-state index contributed by atoms with van der Waals surface area (Å²) >= 11 is 1.48. The van der Waals surface area contributed by atoms with Gasteiger partial charge in [0, 0.05) is 27.8 Å². The third-order valence-corrected chi connectivity index (χ3v) is 6.05. The Kier molecular flexibility index (Phi) is 5.31. The summed E-state index contributed by atoms with van der Waals surface area (Å²) < 4.78 is 44.9. The molecule has 4 rings (SSSR count). The molecule has 5 nitrogen and oxygen atoms in total. The van der Waals surface area contributed by atoms with Crippen molar-refractivity contribution in [2.24, 2.45) is 0 Å². The first-order chi connectivity index (χ1) is 14.2. The lowest BCUT2D eigenvalue weighted by atomic mass is 10.1. The van der Waals surface area contributed by atoms with Crippen molar-refractivity contribution in [3.05, 3.63) is 59.4 Å². The highest BCUT2D eigenvalue weighted by molar-refractivity contribution is 8.00. The number of carbonyl (C=O) groups is 1. The van der Waals surface area contributed by atoms with Gasteiger partial charge in [0.1, 0.15) is 0 Å². The van der Waals surface area contributed by atoms with Gasteiger partial charge in [0.15, 0.2) is 5.82 Å². The number of rotatable bonds is 2. The van der Waals surface area contributed by atoms with Gasteiger partial charge >= 0.3 is 6.18 Å². The largest absolute Gasteiger partial charge is 0.416 e. The highest BCUT2D eigenvalue weighted by Crippen LogP contribution is 2.41. The lowest BCUT2D eigenvalue weighted by Gasteiger charge is -2.24. The zero-order valence-corrected chi connectivity index (χ0v) is 17.0. The number of amides is 1. The van der Waals surface area contributed by atoms with E-state index in [4.69, 9.17) is 4.52 Å². The number of nitrogens with zero attached hydrogens (tertiary/aromatic N) is 3. The van der Waals surface area contributed by atoms with E-state index in [-0.39, 0.29) is 11.2 Å². The molecule has 0 saturated heterocycles. The minimum absolute atomic E-state index is 0.182. The summed E-state index contributed by atoms with van der Waals surface area (Å²) in [5.74, 6) is 0.489. The zero-order valence-electron chi connectivity index (χ0n) is 16.2. The molecule has 0 unspecified atom stereocenters. The van der Waals surface area contributed by atoms with Gasteiger partial charge in [-0.15, -0.1) is 11.8 Å². The predicted molar refractivity (Wildman–Crippen MR) is 108 cm³/mol. The molecular formula is C21H18F3N3O2S. The smallest absolute Gasteiger partial charge is 0.334 e. The second kappa shape index (κ2) is 7.79. The first kappa shape index (κ1) is 20.5. The minimum atomic E-state index is -4.48. The molecular weight excluding hydrogens is 415 g/mol. The van der Waals surface area contributed by atoms with Crippen LogP contribution in [-0.4, -0.2) is 27.8 Å². The Bertz CT molecular complexity index is 1080. The van der Waals surface area contributed by atoms with Crippen LogP contribution in [0.15, 0.2) is 51.9 Å². The van der Waals surface area contributed by atoms with Crippen LogP contribution in [0.25, 0.3) is 11.5 Å². The number of alkyl halides is 3. The molecule has 1 amide bonds. The van der Waals surface area contributed by atoms with E-state index in [9.17, 15) is 18.0 Å². The van der Waals surface area contributed by atoms with Gasteiger partial charge in [-0.1, -0.05) is 12.1 Å². The molecule has 1 aliphatic rings. The van der Waals surface area contributed by atoms with Crippen LogP contribution in [0.4, 0.5) is 18.9 Å². The van der Waals surface area contributed by atoms with Crippen molar-refractivity contribution in [3.8, 4) is 11.5 Å². The average Bonchev–Trinajstić information content (AvgIpc) is 3.06. The van der Waals surface area contributed by atoms with Gasteiger partial charge in [-0.3, -0.25) is 4.79 Å². The number of anilines is 1. The Morgan fingerprint density at radius 3 is 2.57 bits per heavy atom. The van der Waals surface area contributed by atoms with E-state index in [1.165, 1.54) is 22.7 Å². The molecule has 1 atom stereocenters. The fourth-order valence-electron chi connectivity index (χ4n) is 3.25. The fourth-order valence-corrected chi connectivity index (χ4v) is 4.34. The van der Waals surface area contributed by atoms with Gasteiger partial charge in [0.25, 0.3) is 11.8 Å². The van der Waals surface area contributed by atoms with Crippen LogP contribution < -0.4 is 4.90 Å². The molecule has 2 heterocycles. The number of fused-ring (bicyclic) bond motifs is 1. The topological polar surface area (TPSA) is 59.2 Å². The average molecular weight is 433 g/mol. The van der Waals surface area contributed by atoms with Gasteiger partial charge in [-0.2, -0.15) is 18.2 Å². The number of carbonyl (C=O) groups excluding carboxylic acids is 1. The summed E-state index contributed by atoms with van der Waals surface area (Å²) in [4.78, 5) is 19.5. The van der Waals surface area contributed by atoms with Gasteiger partial charge in [-0.25, -0.2) is 0 Å². The molecule has 1 aromatic heterocycles. The summed E-state index contributed by atoms with van der Waals surface area (Å²) in [5, 5.41) is 3.92. The van der Waals surface area contributed by atoms with E-state index in [1.807, 2.05) is 6.92 Å². The number of hydrogen-bond acceptors (Lipinski definition) is 5. The van der Waals surface area contributed by atoms with Crippen molar-refractivity contribution in [1.29, 1.82) is 0 Å². The molecule has 0 radical (unpaired) electrons. The molecule has 0 saturated carbocycles. The third kappa shape index (κ3) is 4.07. The molecule has 0 spiro atoms. The zero-order chi connectivity index (χ0) is 21.5. The normalized spacial score (nSPS) is 16.8. The van der Waals surface area contributed by atoms with E-state index < -0.39 is 11.7 Å². The van der Waals surface area contributed by atoms with E-state index in [0.29, 0.717) is 46.4 Å². The van der Waals surface area contributed by atoms with Gasteiger partial charge < -0.3 is 9.42 Å². The second-order valence-electron chi connectivity index (χ2n) is 7.08. The van der Waals surface area contributed by atoms with Crippen molar-refractivity contribution in [2.75, 3.05) is 11.4 Å². The second-order valence-corrected chi connectivity index (χ2v) is 8.56. The van der Waals surface area contributed by atoms with Crippen LogP contribution in [0.5, 0.6) is 0 Å². The van der Waals surface area contributed by atoms with Crippen molar-refractivity contribution in [1.82, 2.24) is 10.1 Å². The highest BCUT2D eigenvalue weighted by Gasteiger charge is 2.33. The maximum atomic E-state index is 13.3. The number of hydrogen-bond donors (Lipinski definition) is 0. The van der Waals surface area contributed by atoms with E-state index in [1.54, 1.807) is 31.2 Å². The Labute approximate surface area is 175 Å². The van der Waals surface area contributed by atoms with E-state index >= 15 is 0 Å². The Morgan fingerprint density at radius 2 is 1.93 bits per heavy atom. The molecule has 3 aromatic rings. The van der Waals surface area contributed by atoms with Gasteiger partial charge in [0.05, 0.1) is 11.3 Å². The van der Waals surface area contributed by atoms with Crippen LogP contribution in [0.3, 0.4) is 0 Å². The van der Waals surface area contributed by atoms with Crippen molar-refractivity contribution >= 4 is 23.4 Å². The van der Waals surface area contributed by atoms with Gasteiger partial charge in [0.2, 0.25) is 0 Å². The number of benzene rings is 2. The fraction of sp³-hybridized carbons (Fsp3) is 0.286. The quantitative estimate of drug-likeness (QED) is 0.527. The van der Waals surface area contributed by atoms with Gasteiger partial charge in [-0.05, 0) is 55.8 Å². The number of halogens is 3. The first-order valence-electron chi connectivity index (χ1n) is 9.33. The van der Waals surface area contributed by atoms with Crippen LogP contribution >= 0.6 is 11.8 Å². The summed E-state index contributed by atoms with van der Waals surface area (Å²) in [6.07, 6.45) is -3.80. The van der Waals surface area contributed by atoms with E-state index in [0.717, 1.165) is 12.1 Å². The van der Waals surface area contributed by atoms with Crippen LogP contribution in [-0.2, 0) is 6.18 Å². The molecule has 156 valence electrons. The summed E-state index contributed by atoms with van der Waals surface area (Å²) in [7, 11) is 0. The predicted octanol–water partition coefficient (Wildman–Crippen LogP) is 5.59. The third-order valence-electron chi connectivity index (χ3n) is 4.82. The summed E-state index contributed by atoms with van der Waals surface area (Å²) in [5.41, 5.74) is 0.557. The number of thioether (sulfide) groups is 1. The number of aryl methyl sites for hydroxylation is 1. The maximum absolute atomic E-state index is 13.3. The molecule has 1 aliphatic heterocycles. The SMILES string of the molecule is Cc1noc(-c2ccc(C(=O)N3CC[C@H](C)Sc4ccc(C(F)(F)F)cc43)cc2)n1. The van der Waals surface area contributed by atoms with Crippen LogP contribution in [0.2, 0.25) is 0 Å². The van der Waals surface area contributed by atoms with E-state index in [2.05, 4.69) is 10.1 Å². The molecule has 0 N–H and O–H groups in total. The Balaban J connectivity index is 1.68. The standard InChI is InChI=1S/C21H18F3N3O2S/c1-12-9-10-27(17-11-16(21(22,23)24)7-8-18(17)30-12)20(28)15-5-3-14(4-6-15)19-25-13(2)26-29-19/h3-8,11-12H,9-10H2,1-2H3/t12-/m0/s1. The Hall–Kier alpha value is -2.81. The molecule has 0 aliphatic carbocycles. The monoisotopic (exact) mass is 433 g/mol. The summed E-state index contributed by atoms with van der Waals surface area (Å²) in [6.45, 7) is 4.04. The molecule has 30 heavy (non-hydrogen) atoms. The molecule has 0 fully saturated rings. The number of aromatic nitrogens is 2. The Morgan fingerprint density at radius 1 is 1.20 bits per heavy atom. The van der Waals surface area contributed by atoms with Crippen LogP contribution in [0, 0.1) is 6.92 Å². The molecule has 9 heteroatoms. The molecule has 0 bridgehead atoms. The molecule has 2 aromatic carbocycles. The van der Waals surface area contributed by atoms with Crippen LogP contribution in [0.1, 0.15) is 35.1 Å². The first-order valence-corrected chi connectivity index (χ1v) is 10.2. The summed E-state index contributed by atoms with van der Waals surface area (Å²) in [6, 6.07) is 10.2. The van der Waals surface area contributed by atoms with Crippen molar-refractivity contribution in [2.45, 2.75) is 36.6 Å². The lowest BCUT2D eigenvalue weighted by Crippen LogP contribution is -2.32. The maximum Gasteiger partial charge on any atom is 0.416 e. The lowest BCUT2D eigenvalue weighted by molar-refractivity contribution is -0.137. The minimum Gasteiger partial charge on any atom is -0.334 e. The highest BCUT2D eigenvalue weighted by atomic mass is 32.2.